The van der Waals surface area contributed by atoms with Gasteiger partial charge in [0, 0.05) is 19.3 Å². The molecular weight excluding hydrogens is 226 g/mol. The van der Waals surface area contributed by atoms with E-state index in [1.54, 1.807) is 6.20 Å². The number of rotatable bonds is 5. The van der Waals surface area contributed by atoms with Crippen LogP contribution in [0.3, 0.4) is 0 Å². The zero-order chi connectivity index (χ0) is 13.0. The van der Waals surface area contributed by atoms with E-state index < -0.39 is 5.60 Å². The van der Waals surface area contributed by atoms with Gasteiger partial charge in [0.25, 0.3) is 0 Å². The Balaban J connectivity index is 2.46. The van der Waals surface area contributed by atoms with Crippen molar-refractivity contribution < 1.29 is 5.11 Å². The maximum absolute atomic E-state index is 10.9. The van der Waals surface area contributed by atoms with Crippen LogP contribution in [0.1, 0.15) is 24.6 Å². The van der Waals surface area contributed by atoms with Gasteiger partial charge in [-0.05, 0) is 18.1 Å². The number of hydrogen-bond acceptors (Lipinski definition) is 3. The minimum atomic E-state index is -1.17. The lowest BCUT2D eigenvalue weighted by Gasteiger charge is -2.28. The first-order chi connectivity index (χ1) is 8.72. The van der Waals surface area contributed by atoms with Crippen molar-refractivity contribution in [1.29, 1.82) is 0 Å². The summed E-state index contributed by atoms with van der Waals surface area (Å²) in [7, 11) is 0. The van der Waals surface area contributed by atoms with Gasteiger partial charge in [0.05, 0.1) is 5.69 Å². The van der Waals surface area contributed by atoms with Crippen LogP contribution in [-0.2, 0) is 12.1 Å². The number of aliphatic hydroxyl groups is 1. The fourth-order valence-electron chi connectivity index (χ4n) is 2.16. The molecule has 0 fully saturated rings. The lowest BCUT2D eigenvalue weighted by molar-refractivity contribution is 0.0798. The minimum Gasteiger partial charge on any atom is -0.377 e. The van der Waals surface area contributed by atoms with Crippen molar-refractivity contribution in [2.45, 2.75) is 25.5 Å². The number of benzene rings is 1. The molecule has 1 aromatic carbocycles. The van der Waals surface area contributed by atoms with Crippen LogP contribution < -0.4 is 5.73 Å². The Kier molecular flexibility index (Phi) is 3.79. The van der Waals surface area contributed by atoms with E-state index in [4.69, 9.17) is 5.73 Å². The molecular formula is C14H19N3O. The Morgan fingerprint density at radius 1 is 1.28 bits per heavy atom. The molecule has 3 N–H and O–H groups in total. The highest BCUT2D eigenvalue weighted by Crippen LogP contribution is 2.28. The third-order valence-electron chi connectivity index (χ3n) is 3.12. The largest absolute Gasteiger partial charge is 0.377 e. The monoisotopic (exact) mass is 245 g/mol. The fraction of sp³-hybridized carbons (Fsp3) is 0.357. The summed E-state index contributed by atoms with van der Waals surface area (Å²) in [5, 5.41) is 15.1. The van der Waals surface area contributed by atoms with E-state index in [2.05, 4.69) is 12.0 Å². The summed E-state index contributed by atoms with van der Waals surface area (Å²) in [4.78, 5) is 0. The summed E-state index contributed by atoms with van der Waals surface area (Å²) in [6, 6.07) is 11.3. The molecule has 1 atom stereocenters. The van der Waals surface area contributed by atoms with Crippen molar-refractivity contribution in [3.8, 4) is 0 Å². The molecule has 0 bridgehead atoms. The van der Waals surface area contributed by atoms with Crippen molar-refractivity contribution in [2.75, 3.05) is 6.54 Å². The third kappa shape index (κ3) is 2.17. The number of aryl methyl sites for hydroxylation is 1. The van der Waals surface area contributed by atoms with Crippen molar-refractivity contribution in [3.63, 3.8) is 0 Å². The van der Waals surface area contributed by atoms with Gasteiger partial charge in [-0.15, -0.1) is 0 Å². The molecule has 0 aliphatic heterocycles. The Hall–Kier alpha value is -1.65. The molecule has 2 aromatic rings. The molecule has 18 heavy (non-hydrogen) atoms. The molecule has 1 aromatic heterocycles. The third-order valence-corrected chi connectivity index (χ3v) is 3.12. The van der Waals surface area contributed by atoms with Crippen LogP contribution >= 0.6 is 0 Å². The molecule has 0 saturated carbocycles. The van der Waals surface area contributed by atoms with E-state index in [1.807, 2.05) is 41.1 Å². The molecule has 0 aliphatic carbocycles. The zero-order valence-corrected chi connectivity index (χ0v) is 10.6. The Morgan fingerprint density at radius 2 is 2.00 bits per heavy atom. The molecule has 0 amide bonds. The average molecular weight is 245 g/mol. The summed E-state index contributed by atoms with van der Waals surface area (Å²) in [5.74, 6) is 0. The predicted molar refractivity (Wildman–Crippen MR) is 71.0 cm³/mol. The van der Waals surface area contributed by atoms with Crippen molar-refractivity contribution >= 4 is 0 Å². The maximum Gasteiger partial charge on any atom is 0.143 e. The molecule has 0 spiro atoms. The van der Waals surface area contributed by atoms with Gasteiger partial charge in [-0.3, -0.25) is 4.68 Å². The normalized spacial score (nSPS) is 14.4. The average Bonchev–Trinajstić information content (AvgIpc) is 2.88. The summed E-state index contributed by atoms with van der Waals surface area (Å²) >= 11 is 0. The SMILES string of the molecule is CCCn1nccc1C(O)(CN)c1ccccc1. The molecule has 96 valence electrons. The van der Waals surface area contributed by atoms with Crippen LogP contribution in [0.5, 0.6) is 0 Å². The van der Waals surface area contributed by atoms with Gasteiger partial charge in [0.1, 0.15) is 5.60 Å². The summed E-state index contributed by atoms with van der Waals surface area (Å²) < 4.78 is 1.82. The van der Waals surface area contributed by atoms with Crippen molar-refractivity contribution in [2.24, 2.45) is 5.73 Å². The Labute approximate surface area is 107 Å². The van der Waals surface area contributed by atoms with E-state index in [-0.39, 0.29) is 6.54 Å². The zero-order valence-electron chi connectivity index (χ0n) is 10.6. The molecule has 4 nitrogen and oxygen atoms in total. The van der Waals surface area contributed by atoms with E-state index in [0.29, 0.717) is 0 Å². The van der Waals surface area contributed by atoms with E-state index in [0.717, 1.165) is 24.2 Å². The number of nitrogens with two attached hydrogens (primary N) is 1. The summed E-state index contributed by atoms with van der Waals surface area (Å²) in [5.41, 5.74) is 6.18. The fourth-order valence-corrected chi connectivity index (χ4v) is 2.16. The first kappa shape index (κ1) is 12.8. The van der Waals surface area contributed by atoms with Gasteiger partial charge in [0.2, 0.25) is 0 Å². The molecule has 0 saturated heterocycles. The Morgan fingerprint density at radius 3 is 2.61 bits per heavy atom. The molecule has 0 aliphatic rings. The molecule has 1 unspecified atom stereocenters. The second-order valence-electron chi connectivity index (χ2n) is 4.37. The van der Waals surface area contributed by atoms with Crippen LogP contribution in [0.4, 0.5) is 0 Å². The first-order valence-electron chi connectivity index (χ1n) is 6.22. The lowest BCUT2D eigenvalue weighted by Crippen LogP contribution is -2.38. The highest BCUT2D eigenvalue weighted by atomic mass is 16.3. The topological polar surface area (TPSA) is 64.1 Å². The highest BCUT2D eigenvalue weighted by molar-refractivity contribution is 5.32. The van der Waals surface area contributed by atoms with Crippen LogP contribution in [-0.4, -0.2) is 21.4 Å². The summed E-state index contributed by atoms with van der Waals surface area (Å²) in [6.45, 7) is 2.99. The van der Waals surface area contributed by atoms with E-state index >= 15 is 0 Å². The van der Waals surface area contributed by atoms with Gasteiger partial charge in [-0.2, -0.15) is 5.10 Å². The second-order valence-corrected chi connectivity index (χ2v) is 4.37. The predicted octanol–water partition coefficient (Wildman–Crippen LogP) is 1.49. The second kappa shape index (κ2) is 5.33. The van der Waals surface area contributed by atoms with Crippen molar-refractivity contribution in [1.82, 2.24) is 9.78 Å². The number of nitrogens with zero attached hydrogens (tertiary/aromatic N) is 2. The highest BCUT2D eigenvalue weighted by Gasteiger charge is 2.33. The minimum absolute atomic E-state index is 0.131. The smallest absolute Gasteiger partial charge is 0.143 e. The first-order valence-corrected chi connectivity index (χ1v) is 6.22. The Bertz CT molecular complexity index is 495. The maximum atomic E-state index is 10.9. The molecule has 2 rings (SSSR count). The molecule has 0 radical (unpaired) electrons. The summed E-state index contributed by atoms with van der Waals surface area (Å²) in [6.07, 6.45) is 2.67. The van der Waals surface area contributed by atoms with Crippen LogP contribution in [0, 0.1) is 0 Å². The number of aromatic nitrogens is 2. The van der Waals surface area contributed by atoms with Crippen LogP contribution in [0.2, 0.25) is 0 Å². The van der Waals surface area contributed by atoms with Crippen molar-refractivity contribution in [3.05, 3.63) is 53.9 Å². The van der Waals surface area contributed by atoms with E-state index in [1.165, 1.54) is 0 Å². The molecule has 1 heterocycles. The van der Waals surface area contributed by atoms with Gasteiger partial charge in [-0.1, -0.05) is 37.3 Å². The van der Waals surface area contributed by atoms with Gasteiger partial charge < -0.3 is 10.8 Å². The number of hydrogen-bond donors (Lipinski definition) is 2. The van der Waals surface area contributed by atoms with Gasteiger partial charge >= 0.3 is 0 Å². The van der Waals surface area contributed by atoms with E-state index in [9.17, 15) is 5.11 Å². The van der Waals surface area contributed by atoms with Gasteiger partial charge in [0.15, 0.2) is 0 Å². The van der Waals surface area contributed by atoms with Crippen LogP contribution in [0.25, 0.3) is 0 Å². The molecule has 4 heteroatoms. The van der Waals surface area contributed by atoms with Gasteiger partial charge in [-0.25, -0.2) is 0 Å². The lowest BCUT2D eigenvalue weighted by atomic mass is 9.90. The van der Waals surface area contributed by atoms with Crippen LogP contribution in [0.15, 0.2) is 42.6 Å². The quantitative estimate of drug-likeness (QED) is 0.838. The standard InChI is InChI=1S/C14H19N3O/c1-2-10-17-13(8-9-16-17)14(18,11-15)12-6-4-3-5-7-12/h3-9,18H,2,10-11,15H2,1H3.